The van der Waals surface area contributed by atoms with Gasteiger partial charge in [-0.25, -0.2) is 0 Å². The molecular weight excluding hydrogens is 248 g/mol. The molecule has 3 heteroatoms. The molecule has 0 amide bonds. The van der Waals surface area contributed by atoms with Gasteiger partial charge in [0.05, 0.1) is 6.04 Å². The number of anilines is 1. The molecule has 0 aromatic heterocycles. The molecule has 0 aliphatic carbocycles. The lowest BCUT2D eigenvalue weighted by Gasteiger charge is -2.33. The first kappa shape index (κ1) is 13.6. The van der Waals surface area contributed by atoms with Gasteiger partial charge in [0.2, 0.25) is 0 Å². The van der Waals surface area contributed by atoms with Gasteiger partial charge in [-0.3, -0.25) is 9.69 Å². The average Bonchev–Trinajstić information content (AvgIpc) is 2.96. The maximum Gasteiger partial charge on any atom is 0.179 e. The van der Waals surface area contributed by atoms with E-state index < -0.39 is 0 Å². The standard InChI is InChI=1S/C17H24N2O/c1-2-16(19-10-4-3-5-11-19)17(20)14-6-7-15-13(12-14)8-9-18-15/h6-7,12,16,18H,2-5,8-11H2,1H3. The normalized spacial score (nSPS) is 20.2. The van der Waals surface area contributed by atoms with Gasteiger partial charge >= 0.3 is 0 Å². The Bertz CT molecular complexity index is 492. The van der Waals surface area contributed by atoms with Crippen molar-refractivity contribution in [2.24, 2.45) is 0 Å². The monoisotopic (exact) mass is 272 g/mol. The van der Waals surface area contributed by atoms with E-state index in [0.29, 0.717) is 5.78 Å². The van der Waals surface area contributed by atoms with Crippen LogP contribution in [0.25, 0.3) is 0 Å². The summed E-state index contributed by atoms with van der Waals surface area (Å²) in [6, 6.07) is 6.23. The molecular formula is C17H24N2O. The molecule has 3 rings (SSSR count). The highest BCUT2D eigenvalue weighted by atomic mass is 16.1. The van der Waals surface area contributed by atoms with E-state index in [0.717, 1.165) is 38.0 Å². The van der Waals surface area contributed by atoms with Gasteiger partial charge in [0.25, 0.3) is 0 Å². The minimum Gasteiger partial charge on any atom is -0.384 e. The van der Waals surface area contributed by atoms with Gasteiger partial charge in [0.1, 0.15) is 0 Å². The highest BCUT2D eigenvalue weighted by molar-refractivity contribution is 6.00. The number of benzene rings is 1. The van der Waals surface area contributed by atoms with E-state index in [2.05, 4.69) is 29.3 Å². The molecule has 108 valence electrons. The smallest absolute Gasteiger partial charge is 0.179 e. The molecule has 3 nitrogen and oxygen atoms in total. The number of carbonyl (C=O) groups excluding carboxylic acids is 1. The third kappa shape index (κ3) is 2.59. The fraction of sp³-hybridized carbons (Fsp3) is 0.588. The maximum atomic E-state index is 12.8. The first-order chi connectivity index (χ1) is 9.79. The molecule has 1 atom stereocenters. The lowest BCUT2D eigenvalue weighted by Crippen LogP contribution is -2.43. The van der Waals surface area contributed by atoms with E-state index in [1.54, 1.807) is 0 Å². The second-order valence-electron chi connectivity index (χ2n) is 5.93. The van der Waals surface area contributed by atoms with Crippen LogP contribution in [0.3, 0.4) is 0 Å². The highest BCUT2D eigenvalue weighted by Gasteiger charge is 2.27. The highest BCUT2D eigenvalue weighted by Crippen LogP contribution is 2.25. The SMILES string of the molecule is CCC(C(=O)c1ccc2c(c1)CCN2)N1CCCCC1. The van der Waals surface area contributed by atoms with Crippen LogP contribution in [0.4, 0.5) is 5.69 Å². The molecule has 0 bridgehead atoms. The summed E-state index contributed by atoms with van der Waals surface area (Å²) < 4.78 is 0. The van der Waals surface area contributed by atoms with Crippen LogP contribution in [0.15, 0.2) is 18.2 Å². The van der Waals surface area contributed by atoms with E-state index in [1.165, 1.54) is 30.5 Å². The number of ketones is 1. The fourth-order valence-corrected chi connectivity index (χ4v) is 3.49. The second-order valence-corrected chi connectivity index (χ2v) is 5.93. The molecule has 1 aromatic carbocycles. The van der Waals surface area contributed by atoms with E-state index in [1.807, 2.05) is 6.07 Å². The Labute approximate surface area is 121 Å². The Balaban J connectivity index is 1.79. The molecule has 0 spiro atoms. The van der Waals surface area contributed by atoms with Gasteiger partial charge in [-0.1, -0.05) is 13.3 Å². The van der Waals surface area contributed by atoms with E-state index in [9.17, 15) is 4.79 Å². The number of piperidine rings is 1. The molecule has 1 N–H and O–H groups in total. The predicted octanol–water partition coefficient (Wildman–Crippen LogP) is 3.10. The molecule has 0 saturated carbocycles. The van der Waals surface area contributed by atoms with Crippen molar-refractivity contribution in [1.29, 1.82) is 0 Å². The van der Waals surface area contributed by atoms with Crippen molar-refractivity contribution >= 4 is 11.5 Å². The van der Waals surface area contributed by atoms with Crippen LogP contribution in [0.2, 0.25) is 0 Å². The van der Waals surface area contributed by atoms with Gasteiger partial charge in [-0.05, 0) is 62.5 Å². The number of Topliss-reactive ketones (excluding diaryl/α,β-unsaturated/α-hetero) is 1. The number of hydrogen-bond acceptors (Lipinski definition) is 3. The Morgan fingerprint density at radius 1 is 1.30 bits per heavy atom. The summed E-state index contributed by atoms with van der Waals surface area (Å²) in [5.74, 6) is 0.309. The first-order valence-electron chi connectivity index (χ1n) is 7.94. The summed E-state index contributed by atoms with van der Waals surface area (Å²) in [6.45, 7) is 5.29. The molecule has 1 saturated heterocycles. The van der Waals surface area contributed by atoms with E-state index in [4.69, 9.17) is 0 Å². The van der Waals surface area contributed by atoms with Crippen molar-refractivity contribution in [3.8, 4) is 0 Å². The number of likely N-dealkylation sites (tertiary alicyclic amines) is 1. The quantitative estimate of drug-likeness (QED) is 0.855. The number of rotatable bonds is 4. The van der Waals surface area contributed by atoms with Crippen LogP contribution in [0, 0.1) is 0 Å². The van der Waals surface area contributed by atoms with Crippen LogP contribution in [0.5, 0.6) is 0 Å². The molecule has 2 heterocycles. The van der Waals surface area contributed by atoms with Crippen molar-refractivity contribution in [3.05, 3.63) is 29.3 Å². The molecule has 1 aromatic rings. The molecule has 1 fully saturated rings. The second kappa shape index (κ2) is 5.96. The number of nitrogens with zero attached hydrogens (tertiary/aromatic N) is 1. The number of fused-ring (bicyclic) bond motifs is 1. The topological polar surface area (TPSA) is 32.3 Å². The minimum absolute atomic E-state index is 0.0720. The number of carbonyl (C=O) groups is 1. The van der Waals surface area contributed by atoms with Crippen LogP contribution in [-0.4, -0.2) is 36.4 Å². The number of hydrogen-bond donors (Lipinski definition) is 1. The summed E-state index contributed by atoms with van der Waals surface area (Å²) in [5.41, 5.74) is 3.39. The number of nitrogens with one attached hydrogen (secondary N) is 1. The zero-order valence-corrected chi connectivity index (χ0v) is 12.3. The minimum atomic E-state index is 0.0720. The third-order valence-electron chi connectivity index (χ3n) is 4.62. The lowest BCUT2D eigenvalue weighted by atomic mass is 9.96. The molecule has 2 aliphatic rings. The van der Waals surface area contributed by atoms with Crippen LogP contribution >= 0.6 is 0 Å². The van der Waals surface area contributed by atoms with Crippen molar-refractivity contribution in [2.75, 3.05) is 25.0 Å². The molecule has 2 aliphatic heterocycles. The van der Waals surface area contributed by atoms with Crippen molar-refractivity contribution in [2.45, 2.75) is 45.1 Å². The summed E-state index contributed by atoms with van der Waals surface area (Å²) in [5, 5.41) is 3.35. The Kier molecular flexibility index (Phi) is 4.06. The zero-order chi connectivity index (χ0) is 13.9. The molecule has 20 heavy (non-hydrogen) atoms. The van der Waals surface area contributed by atoms with Crippen molar-refractivity contribution in [3.63, 3.8) is 0 Å². The van der Waals surface area contributed by atoms with Crippen LogP contribution < -0.4 is 5.32 Å². The summed E-state index contributed by atoms with van der Waals surface area (Å²) >= 11 is 0. The van der Waals surface area contributed by atoms with Crippen LogP contribution in [0.1, 0.15) is 48.5 Å². The van der Waals surface area contributed by atoms with Crippen LogP contribution in [-0.2, 0) is 6.42 Å². The van der Waals surface area contributed by atoms with Gasteiger partial charge in [0, 0.05) is 17.8 Å². The first-order valence-corrected chi connectivity index (χ1v) is 7.94. The summed E-state index contributed by atoms with van der Waals surface area (Å²) in [6.07, 6.45) is 5.73. The van der Waals surface area contributed by atoms with E-state index >= 15 is 0 Å². The summed E-state index contributed by atoms with van der Waals surface area (Å²) in [7, 11) is 0. The molecule has 1 unspecified atom stereocenters. The van der Waals surface area contributed by atoms with Gasteiger partial charge in [0.15, 0.2) is 5.78 Å². The maximum absolute atomic E-state index is 12.8. The van der Waals surface area contributed by atoms with E-state index in [-0.39, 0.29) is 6.04 Å². The van der Waals surface area contributed by atoms with Gasteiger partial charge in [-0.15, -0.1) is 0 Å². The van der Waals surface area contributed by atoms with Crippen molar-refractivity contribution < 1.29 is 4.79 Å². The molecule has 0 radical (unpaired) electrons. The van der Waals surface area contributed by atoms with Gasteiger partial charge in [-0.2, -0.15) is 0 Å². The Hall–Kier alpha value is -1.35. The third-order valence-corrected chi connectivity index (χ3v) is 4.62. The van der Waals surface area contributed by atoms with Crippen molar-refractivity contribution in [1.82, 2.24) is 4.90 Å². The fourth-order valence-electron chi connectivity index (χ4n) is 3.49. The Morgan fingerprint density at radius 2 is 2.10 bits per heavy atom. The Morgan fingerprint density at radius 3 is 2.85 bits per heavy atom. The van der Waals surface area contributed by atoms with Gasteiger partial charge < -0.3 is 5.32 Å². The predicted molar refractivity (Wildman–Crippen MR) is 82.5 cm³/mol. The average molecular weight is 272 g/mol. The summed E-state index contributed by atoms with van der Waals surface area (Å²) in [4.78, 5) is 15.2. The zero-order valence-electron chi connectivity index (χ0n) is 12.3. The largest absolute Gasteiger partial charge is 0.384 e. The lowest BCUT2D eigenvalue weighted by molar-refractivity contribution is 0.0777.